The molecule has 0 radical (unpaired) electrons. The maximum Gasteiger partial charge on any atom is 0.333 e. The molecule has 0 amide bonds. The van der Waals surface area contributed by atoms with Crippen LogP contribution < -0.4 is 0 Å². The van der Waals surface area contributed by atoms with Crippen LogP contribution in [0.25, 0.3) is 0 Å². The van der Waals surface area contributed by atoms with E-state index < -0.39 is 12.1 Å². The average molecular weight is 208 g/mol. The van der Waals surface area contributed by atoms with Gasteiger partial charge in [0.1, 0.15) is 0 Å². The molecule has 3 nitrogen and oxygen atoms in total. The van der Waals surface area contributed by atoms with Gasteiger partial charge in [0.05, 0.1) is 0 Å². The Hall–Kier alpha value is -1.35. The molecule has 1 rings (SSSR count). The summed E-state index contributed by atoms with van der Waals surface area (Å²) < 4.78 is 0. The minimum absolute atomic E-state index is 0.311. The van der Waals surface area contributed by atoms with Crippen LogP contribution in [0.4, 0.5) is 0 Å². The van der Waals surface area contributed by atoms with E-state index in [0.29, 0.717) is 6.42 Å². The van der Waals surface area contributed by atoms with Crippen LogP contribution in [0.3, 0.4) is 0 Å². The summed E-state index contributed by atoms with van der Waals surface area (Å²) in [4.78, 5) is 10.7. The first kappa shape index (κ1) is 11.7. The largest absolute Gasteiger partial charge is 0.479 e. The maximum atomic E-state index is 10.7. The molecule has 0 heterocycles. The van der Waals surface area contributed by atoms with Crippen molar-refractivity contribution in [1.29, 1.82) is 0 Å². The predicted octanol–water partition coefficient (Wildman–Crippen LogP) is 2.02. The smallest absolute Gasteiger partial charge is 0.333 e. The van der Waals surface area contributed by atoms with E-state index in [0.717, 1.165) is 12.0 Å². The third-order valence-corrected chi connectivity index (χ3v) is 2.46. The second kappa shape index (κ2) is 5.51. The fourth-order valence-electron chi connectivity index (χ4n) is 1.69. The summed E-state index contributed by atoms with van der Waals surface area (Å²) in [5.41, 5.74) is 0.884. The molecule has 3 heteroatoms. The van der Waals surface area contributed by atoms with Crippen LogP contribution in [0, 0.1) is 0 Å². The van der Waals surface area contributed by atoms with Gasteiger partial charge in [-0.2, -0.15) is 0 Å². The summed E-state index contributed by atoms with van der Waals surface area (Å²) in [5, 5.41) is 18.4. The molecule has 15 heavy (non-hydrogen) atoms. The van der Waals surface area contributed by atoms with Crippen molar-refractivity contribution in [2.45, 2.75) is 31.8 Å². The minimum atomic E-state index is -1.31. The van der Waals surface area contributed by atoms with Crippen LogP contribution >= 0.6 is 0 Å². The molecule has 82 valence electrons. The molecule has 0 spiro atoms. The van der Waals surface area contributed by atoms with Gasteiger partial charge in [-0.25, -0.2) is 4.79 Å². The Labute approximate surface area is 89.4 Å². The lowest BCUT2D eigenvalue weighted by molar-refractivity contribution is -0.148. The van der Waals surface area contributed by atoms with Gasteiger partial charge >= 0.3 is 5.97 Å². The summed E-state index contributed by atoms with van der Waals surface area (Å²) in [6.07, 6.45) is 0.217. The van der Waals surface area contributed by atoms with E-state index in [9.17, 15) is 9.90 Å². The average Bonchev–Trinajstić information content (AvgIpc) is 2.26. The van der Waals surface area contributed by atoms with Crippen LogP contribution in [0.15, 0.2) is 30.3 Å². The molecule has 0 fully saturated rings. The minimum Gasteiger partial charge on any atom is -0.479 e. The van der Waals surface area contributed by atoms with E-state index in [1.807, 2.05) is 37.3 Å². The van der Waals surface area contributed by atoms with Gasteiger partial charge < -0.3 is 10.2 Å². The van der Waals surface area contributed by atoms with E-state index in [1.165, 1.54) is 0 Å². The van der Waals surface area contributed by atoms with Crippen molar-refractivity contribution in [3.05, 3.63) is 35.9 Å². The number of carboxylic acids is 1. The zero-order valence-electron chi connectivity index (χ0n) is 8.76. The van der Waals surface area contributed by atoms with E-state index in [2.05, 4.69) is 0 Å². The lowest BCUT2D eigenvalue weighted by Crippen LogP contribution is -2.27. The quantitative estimate of drug-likeness (QED) is 0.778. The maximum absolute atomic E-state index is 10.7. The van der Waals surface area contributed by atoms with Crippen LogP contribution in [-0.4, -0.2) is 22.3 Å². The van der Waals surface area contributed by atoms with E-state index >= 15 is 0 Å². The first-order valence-corrected chi connectivity index (χ1v) is 5.12. The molecule has 0 bridgehead atoms. The monoisotopic (exact) mass is 208 g/mol. The summed E-state index contributed by atoms with van der Waals surface area (Å²) in [5.74, 6) is -1.47. The molecule has 0 aromatic heterocycles. The van der Waals surface area contributed by atoms with E-state index in [1.54, 1.807) is 0 Å². The second-order valence-corrected chi connectivity index (χ2v) is 3.59. The molecule has 0 saturated carbocycles. The Morgan fingerprint density at radius 3 is 2.40 bits per heavy atom. The molecule has 0 aliphatic carbocycles. The van der Waals surface area contributed by atoms with Gasteiger partial charge in [0, 0.05) is 5.92 Å². The first-order valence-electron chi connectivity index (χ1n) is 5.12. The topological polar surface area (TPSA) is 57.5 Å². The van der Waals surface area contributed by atoms with Crippen molar-refractivity contribution >= 4 is 5.97 Å². The van der Waals surface area contributed by atoms with Crippen LogP contribution in [0.5, 0.6) is 0 Å². The van der Waals surface area contributed by atoms with Crippen molar-refractivity contribution in [1.82, 2.24) is 0 Å². The Kier molecular flexibility index (Phi) is 4.31. The Balaban J connectivity index is 2.87. The molecule has 1 aromatic rings. The number of benzene rings is 1. The zero-order chi connectivity index (χ0) is 11.3. The first-order chi connectivity index (χ1) is 7.16. The molecule has 0 saturated heterocycles. The number of aliphatic hydroxyl groups excluding tert-OH is 1. The standard InChI is InChI=1S/C12H16O3/c1-2-6-10(11(13)12(14)15)9-7-4-3-5-8-9/h3-5,7-8,10-11,13H,2,6H2,1H3,(H,14,15). The normalized spacial score (nSPS) is 14.5. The lowest BCUT2D eigenvalue weighted by atomic mass is 9.89. The van der Waals surface area contributed by atoms with Gasteiger partial charge in [-0.3, -0.25) is 0 Å². The summed E-state index contributed by atoms with van der Waals surface area (Å²) in [6.45, 7) is 1.98. The van der Waals surface area contributed by atoms with Crippen molar-refractivity contribution < 1.29 is 15.0 Å². The highest BCUT2D eigenvalue weighted by atomic mass is 16.4. The van der Waals surface area contributed by atoms with Gasteiger partial charge in [-0.05, 0) is 12.0 Å². The van der Waals surface area contributed by atoms with Crippen molar-refractivity contribution in [3.8, 4) is 0 Å². The molecule has 2 unspecified atom stereocenters. The number of carboxylic acid groups (broad SMARTS) is 1. The highest BCUT2D eigenvalue weighted by molar-refractivity contribution is 5.73. The number of aliphatic carboxylic acids is 1. The number of rotatable bonds is 5. The van der Waals surface area contributed by atoms with Gasteiger partial charge in [-0.15, -0.1) is 0 Å². The molecule has 1 aromatic carbocycles. The highest BCUT2D eigenvalue weighted by Gasteiger charge is 2.25. The molecule has 2 N–H and O–H groups in total. The third-order valence-electron chi connectivity index (χ3n) is 2.46. The van der Waals surface area contributed by atoms with Crippen molar-refractivity contribution in [2.75, 3.05) is 0 Å². The van der Waals surface area contributed by atoms with Crippen LogP contribution in [0.1, 0.15) is 31.2 Å². The molecular weight excluding hydrogens is 192 g/mol. The van der Waals surface area contributed by atoms with E-state index in [-0.39, 0.29) is 5.92 Å². The molecule has 0 aliphatic heterocycles. The molecule has 2 atom stereocenters. The lowest BCUT2D eigenvalue weighted by Gasteiger charge is -2.19. The summed E-state index contributed by atoms with van der Waals surface area (Å²) in [6, 6.07) is 9.29. The SMILES string of the molecule is CCCC(c1ccccc1)C(O)C(=O)O. The zero-order valence-corrected chi connectivity index (χ0v) is 8.76. The van der Waals surface area contributed by atoms with Crippen molar-refractivity contribution in [2.24, 2.45) is 0 Å². The summed E-state index contributed by atoms with van der Waals surface area (Å²) in [7, 11) is 0. The number of hydrogen-bond donors (Lipinski definition) is 2. The number of hydrogen-bond acceptors (Lipinski definition) is 2. The number of aliphatic hydroxyl groups is 1. The molecule has 0 aliphatic rings. The van der Waals surface area contributed by atoms with Crippen LogP contribution in [0.2, 0.25) is 0 Å². The Bertz CT molecular complexity index is 308. The molecular formula is C12H16O3. The fraction of sp³-hybridized carbons (Fsp3) is 0.417. The Morgan fingerprint density at radius 1 is 1.33 bits per heavy atom. The Morgan fingerprint density at radius 2 is 1.93 bits per heavy atom. The van der Waals surface area contributed by atoms with Gasteiger partial charge in [-0.1, -0.05) is 43.7 Å². The second-order valence-electron chi connectivity index (χ2n) is 3.59. The van der Waals surface area contributed by atoms with Gasteiger partial charge in [0.15, 0.2) is 6.10 Å². The third kappa shape index (κ3) is 3.06. The highest BCUT2D eigenvalue weighted by Crippen LogP contribution is 2.24. The fourth-order valence-corrected chi connectivity index (χ4v) is 1.69. The van der Waals surface area contributed by atoms with Gasteiger partial charge in [0.2, 0.25) is 0 Å². The summed E-state index contributed by atoms with van der Waals surface area (Å²) >= 11 is 0. The van der Waals surface area contributed by atoms with E-state index in [4.69, 9.17) is 5.11 Å². The predicted molar refractivity (Wildman–Crippen MR) is 57.7 cm³/mol. The van der Waals surface area contributed by atoms with Crippen LogP contribution in [-0.2, 0) is 4.79 Å². The van der Waals surface area contributed by atoms with Gasteiger partial charge in [0.25, 0.3) is 0 Å². The number of carbonyl (C=O) groups is 1. The van der Waals surface area contributed by atoms with Crippen molar-refractivity contribution in [3.63, 3.8) is 0 Å².